The Morgan fingerprint density at radius 3 is 2.58 bits per heavy atom. The van der Waals surface area contributed by atoms with E-state index in [-0.39, 0.29) is 0 Å². The van der Waals surface area contributed by atoms with E-state index in [0.29, 0.717) is 6.04 Å². The zero-order valence-corrected chi connectivity index (χ0v) is 10.9. The first-order chi connectivity index (χ1) is 9.74. The Morgan fingerprint density at radius 1 is 1.05 bits per heavy atom. The summed E-state index contributed by atoms with van der Waals surface area (Å²) in [4.78, 5) is 4.23. The molecule has 2 aromatic carbocycles. The van der Waals surface area contributed by atoms with Crippen molar-refractivity contribution in [3.8, 4) is 11.1 Å². The van der Waals surface area contributed by atoms with Crippen LogP contribution in [0.1, 0.15) is 12.8 Å². The van der Waals surface area contributed by atoms with Gasteiger partial charge in [-0.3, -0.25) is 0 Å². The van der Waals surface area contributed by atoms with Gasteiger partial charge in [-0.05, 0) is 23.6 Å². The summed E-state index contributed by atoms with van der Waals surface area (Å²) in [6, 6.07) is 16.6. The number of imidazole rings is 1. The lowest BCUT2D eigenvalue weighted by atomic mass is 10.0. The summed E-state index contributed by atoms with van der Waals surface area (Å²) in [5.74, 6) is 1.02. The Bertz CT molecular complexity index is 714. The molecule has 0 aliphatic heterocycles. The minimum atomic E-state index is 0.561. The second kappa shape index (κ2) is 5.11. The van der Waals surface area contributed by atoms with E-state index in [1.165, 1.54) is 5.56 Å². The van der Waals surface area contributed by atoms with Crippen molar-refractivity contribution >= 4 is 0 Å². The van der Waals surface area contributed by atoms with Gasteiger partial charge in [0.15, 0.2) is 0 Å². The van der Waals surface area contributed by atoms with Gasteiger partial charge in [0.2, 0.25) is 0 Å². The average molecular weight is 249 g/mol. The van der Waals surface area contributed by atoms with Crippen LogP contribution in [0.2, 0.25) is 0 Å². The molecule has 0 radical (unpaired) electrons. The van der Waals surface area contributed by atoms with Gasteiger partial charge >= 0.3 is 0 Å². The summed E-state index contributed by atoms with van der Waals surface area (Å²) in [7, 11) is 0. The molecule has 0 saturated heterocycles. The van der Waals surface area contributed by atoms with Gasteiger partial charge in [-0.1, -0.05) is 54.6 Å². The Kier molecular flexibility index (Phi) is 2.84. The monoisotopic (exact) mass is 249 g/mol. The molecular weight excluding hydrogens is 232 g/mol. The molecule has 1 heterocycles. The summed E-state index contributed by atoms with van der Waals surface area (Å²) in [5, 5.41) is 0. The molecule has 0 atom stereocenters. The molecule has 0 aliphatic carbocycles. The number of hydrogen-bond donors (Lipinski definition) is 0. The fourth-order valence-electron chi connectivity index (χ4n) is 2.13. The minimum Gasteiger partial charge on any atom is -0.331 e. The van der Waals surface area contributed by atoms with Crippen LogP contribution in [0.25, 0.3) is 11.1 Å². The Hall–Kier alpha value is -2.35. The van der Waals surface area contributed by atoms with Crippen molar-refractivity contribution in [2.45, 2.75) is 13.5 Å². The number of rotatable bonds is 3. The molecule has 3 aromatic rings. The molecule has 0 aliphatic rings. The van der Waals surface area contributed by atoms with Crippen LogP contribution in [0.3, 0.4) is 0 Å². The third kappa shape index (κ3) is 2.58. The van der Waals surface area contributed by atoms with Crippen molar-refractivity contribution in [1.82, 2.24) is 9.55 Å². The van der Waals surface area contributed by atoms with E-state index >= 15 is 0 Å². The smallest absolute Gasteiger partial charge is 0.105 e. The van der Waals surface area contributed by atoms with Crippen molar-refractivity contribution in [3.05, 3.63) is 78.4 Å². The fourth-order valence-corrected chi connectivity index (χ4v) is 2.13. The first kappa shape index (κ1) is 10.6. The van der Waals surface area contributed by atoms with Crippen LogP contribution in [0.4, 0.5) is 0 Å². The van der Waals surface area contributed by atoms with Crippen molar-refractivity contribution in [2.24, 2.45) is 0 Å². The lowest BCUT2D eigenvalue weighted by molar-refractivity contribution is 0.762. The summed E-state index contributed by atoms with van der Waals surface area (Å²) in [6.45, 7) is 2.83. The third-order valence-electron chi connectivity index (χ3n) is 3.25. The minimum absolute atomic E-state index is 0.561. The molecule has 0 N–H and O–H groups in total. The molecule has 0 bridgehead atoms. The van der Waals surface area contributed by atoms with E-state index in [1.807, 2.05) is 43.6 Å². The maximum atomic E-state index is 7.94. The van der Waals surface area contributed by atoms with Crippen LogP contribution in [0, 0.1) is 6.92 Å². The predicted molar refractivity (Wildman–Crippen MR) is 77.9 cm³/mol. The van der Waals surface area contributed by atoms with Gasteiger partial charge in [0.05, 0.1) is 1.37 Å². The molecular formula is C17H16N2. The van der Waals surface area contributed by atoms with Crippen LogP contribution < -0.4 is 0 Å². The average Bonchev–Trinajstić information content (AvgIpc) is 2.86. The van der Waals surface area contributed by atoms with Crippen LogP contribution in [0.15, 0.2) is 67.0 Å². The number of hydrogen-bond acceptors (Lipinski definition) is 1. The molecule has 2 nitrogen and oxygen atoms in total. The van der Waals surface area contributed by atoms with E-state index in [0.717, 1.165) is 23.5 Å². The first-order valence-corrected chi connectivity index (χ1v) is 6.37. The summed E-state index contributed by atoms with van der Waals surface area (Å²) < 4.78 is 10.1. The molecule has 0 saturated carbocycles. The van der Waals surface area contributed by atoms with Gasteiger partial charge in [0.25, 0.3) is 0 Å². The van der Waals surface area contributed by atoms with E-state index in [1.54, 1.807) is 0 Å². The number of aromatic nitrogens is 2. The Labute approximate surface area is 114 Å². The molecule has 0 amide bonds. The normalized spacial score (nSPS) is 11.3. The van der Waals surface area contributed by atoms with Crippen molar-refractivity contribution in [3.63, 3.8) is 0 Å². The molecule has 19 heavy (non-hydrogen) atoms. The molecule has 94 valence electrons. The first-order valence-electron chi connectivity index (χ1n) is 6.87. The molecule has 3 rings (SSSR count). The maximum absolute atomic E-state index is 7.94. The standard InChI is InChI=1S/C17H16N2/c1-14-18-11-12-19(14)13-15-7-9-17(10-8-15)16-5-3-2-4-6-16/h2-12H,13H2,1H3/i5D. The summed E-state index contributed by atoms with van der Waals surface area (Å²) in [6.07, 6.45) is 3.81. The highest BCUT2D eigenvalue weighted by molar-refractivity contribution is 5.63. The van der Waals surface area contributed by atoms with Crippen LogP contribution in [-0.4, -0.2) is 9.55 Å². The molecule has 2 heteroatoms. The Balaban J connectivity index is 1.85. The van der Waals surface area contributed by atoms with E-state index in [9.17, 15) is 0 Å². The number of nitrogens with zero attached hydrogens (tertiary/aromatic N) is 2. The largest absolute Gasteiger partial charge is 0.331 e. The van der Waals surface area contributed by atoms with E-state index in [4.69, 9.17) is 1.37 Å². The SMILES string of the molecule is [2H]c1ccccc1-c1ccc(Cn2ccnc2C)cc1. The van der Waals surface area contributed by atoms with Crippen LogP contribution >= 0.6 is 0 Å². The lowest BCUT2D eigenvalue weighted by Crippen LogP contribution is -2.00. The van der Waals surface area contributed by atoms with Gasteiger partial charge in [-0.25, -0.2) is 4.98 Å². The summed E-state index contributed by atoms with van der Waals surface area (Å²) in [5.41, 5.74) is 3.29. The maximum Gasteiger partial charge on any atom is 0.105 e. The number of benzene rings is 2. The summed E-state index contributed by atoms with van der Waals surface area (Å²) >= 11 is 0. The zero-order valence-electron chi connectivity index (χ0n) is 11.9. The van der Waals surface area contributed by atoms with Gasteiger partial charge in [-0.15, -0.1) is 0 Å². The van der Waals surface area contributed by atoms with Gasteiger partial charge < -0.3 is 4.57 Å². The fraction of sp³-hybridized carbons (Fsp3) is 0.118. The van der Waals surface area contributed by atoms with Crippen molar-refractivity contribution in [1.29, 1.82) is 0 Å². The molecule has 0 fully saturated rings. The van der Waals surface area contributed by atoms with E-state index < -0.39 is 0 Å². The van der Waals surface area contributed by atoms with E-state index in [2.05, 4.69) is 33.8 Å². The van der Waals surface area contributed by atoms with Gasteiger partial charge in [0, 0.05) is 18.9 Å². The van der Waals surface area contributed by atoms with Gasteiger partial charge in [-0.2, -0.15) is 0 Å². The molecule has 0 spiro atoms. The van der Waals surface area contributed by atoms with Crippen LogP contribution in [-0.2, 0) is 6.54 Å². The van der Waals surface area contributed by atoms with Gasteiger partial charge in [0.1, 0.15) is 5.82 Å². The van der Waals surface area contributed by atoms with Crippen molar-refractivity contribution < 1.29 is 1.37 Å². The number of aryl methyl sites for hydroxylation is 1. The zero-order chi connectivity index (χ0) is 13.9. The lowest BCUT2D eigenvalue weighted by Gasteiger charge is -2.07. The highest BCUT2D eigenvalue weighted by Crippen LogP contribution is 2.19. The third-order valence-corrected chi connectivity index (χ3v) is 3.25. The van der Waals surface area contributed by atoms with Crippen molar-refractivity contribution in [2.75, 3.05) is 0 Å². The molecule has 1 aromatic heterocycles. The highest BCUT2D eigenvalue weighted by atomic mass is 15.0. The molecule has 0 unspecified atom stereocenters. The predicted octanol–water partition coefficient (Wildman–Crippen LogP) is 3.91. The highest BCUT2D eigenvalue weighted by Gasteiger charge is 2.00. The second-order valence-electron chi connectivity index (χ2n) is 4.58. The topological polar surface area (TPSA) is 17.8 Å². The second-order valence-corrected chi connectivity index (χ2v) is 4.58. The Morgan fingerprint density at radius 2 is 1.89 bits per heavy atom. The van der Waals surface area contributed by atoms with Crippen LogP contribution in [0.5, 0.6) is 0 Å². The quantitative estimate of drug-likeness (QED) is 0.688.